The zero-order valence-electron chi connectivity index (χ0n) is 13.6. The number of amides is 3. The molecule has 2 atom stereocenters. The molecule has 0 spiro atoms. The summed E-state index contributed by atoms with van der Waals surface area (Å²) in [5.74, 6) is -0.790. The van der Waals surface area contributed by atoms with E-state index in [-0.39, 0.29) is 12.6 Å². The van der Waals surface area contributed by atoms with Gasteiger partial charge in [0.2, 0.25) is 5.91 Å². The molecule has 2 aliphatic rings. The first kappa shape index (κ1) is 18.6. The lowest BCUT2D eigenvalue weighted by atomic mass is 9.94. The van der Waals surface area contributed by atoms with Gasteiger partial charge < -0.3 is 15.5 Å². The number of likely N-dealkylation sites (tertiary alicyclic amines) is 1. The van der Waals surface area contributed by atoms with Gasteiger partial charge >= 0.3 is 12.2 Å². The van der Waals surface area contributed by atoms with Crippen LogP contribution in [0.1, 0.15) is 32.1 Å². The number of nitrogens with one attached hydrogen (secondary N) is 2. The Balaban J connectivity index is 1.75. The molecular weight excluding hydrogens is 323 g/mol. The topological polar surface area (TPSA) is 61.4 Å². The van der Waals surface area contributed by atoms with Crippen LogP contribution in [0.25, 0.3) is 0 Å². The molecule has 5 nitrogen and oxygen atoms in total. The van der Waals surface area contributed by atoms with Gasteiger partial charge in [-0.25, -0.2) is 4.79 Å². The number of rotatable bonds is 4. The minimum absolute atomic E-state index is 0.167. The summed E-state index contributed by atoms with van der Waals surface area (Å²) >= 11 is 0. The molecule has 0 aromatic carbocycles. The molecule has 0 aromatic heterocycles. The van der Waals surface area contributed by atoms with Crippen LogP contribution in [-0.4, -0.2) is 49.2 Å². The largest absolute Gasteiger partial charge is 0.405 e. The van der Waals surface area contributed by atoms with E-state index in [4.69, 9.17) is 0 Å². The molecule has 3 amide bonds. The Bertz CT molecular complexity index is 480. The van der Waals surface area contributed by atoms with E-state index >= 15 is 0 Å². The van der Waals surface area contributed by atoms with E-state index in [9.17, 15) is 22.8 Å². The number of alkyl halides is 3. The van der Waals surface area contributed by atoms with Gasteiger partial charge in [0.1, 0.15) is 6.54 Å². The minimum atomic E-state index is -4.42. The van der Waals surface area contributed by atoms with Gasteiger partial charge in [-0.3, -0.25) is 4.79 Å². The fraction of sp³-hybridized carbons (Fsp3) is 0.750. The number of carbonyl (C=O) groups excluding carboxylic acids is 2. The number of piperidine rings is 1. The number of halogens is 3. The highest BCUT2D eigenvalue weighted by Gasteiger charge is 2.32. The second kappa shape index (κ2) is 8.39. The van der Waals surface area contributed by atoms with Gasteiger partial charge in [-0.1, -0.05) is 12.2 Å². The van der Waals surface area contributed by atoms with E-state index in [0.29, 0.717) is 31.8 Å². The SMILES string of the molecule is O=C(NCC(F)(F)F)[C@H]1CCCN(C(=O)NC[C@@H]2CC=CCC2)C1. The maximum absolute atomic E-state index is 12.2. The van der Waals surface area contributed by atoms with Gasteiger partial charge in [0.05, 0.1) is 5.92 Å². The van der Waals surface area contributed by atoms with E-state index in [0.717, 1.165) is 19.3 Å². The quantitative estimate of drug-likeness (QED) is 0.768. The Labute approximate surface area is 139 Å². The molecule has 24 heavy (non-hydrogen) atoms. The predicted molar refractivity (Wildman–Crippen MR) is 83.2 cm³/mol. The van der Waals surface area contributed by atoms with Crippen molar-refractivity contribution in [2.24, 2.45) is 11.8 Å². The van der Waals surface area contributed by atoms with Crippen molar-refractivity contribution in [1.82, 2.24) is 15.5 Å². The Morgan fingerprint density at radius 3 is 2.62 bits per heavy atom. The number of nitrogens with zero attached hydrogens (tertiary/aromatic N) is 1. The number of urea groups is 1. The van der Waals surface area contributed by atoms with Gasteiger partial charge in [0.25, 0.3) is 0 Å². The highest BCUT2D eigenvalue weighted by atomic mass is 19.4. The second-order valence-electron chi connectivity index (χ2n) is 6.45. The van der Waals surface area contributed by atoms with Crippen molar-refractivity contribution in [3.63, 3.8) is 0 Å². The van der Waals surface area contributed by atoms with Gasteiger partial charge in [0.15, 0.2) is 0 Å². The van der Waals surface area contributed by atoms with Crippen LogP contribution < -0.4 is 10.6 Å². The molecular formula is C16H24F3N3O2. The predicted octanol–water partition coefficient (Wildman–Crippen LogP) is 2.44. The van der Waals surface area contributed by atoms with Gasteiger partial charge in [-0.15, -0.1) is 0 Å². The van der Waals surface area contributed by atoms with Crippen LogP contribution in [0.3, 0.4) is 0 Å². The van der Waals surface area contributed by atoms with E-state index in [1.165, 1.54) is 4.90 Å². The van der Waals surface area contributed by atoms with Crippen molar-refractivity contribution in [3.05, 3.63) is 12.2 Å². The standard InChI is InChI=1S/C16H24F3N3O2/c17-16(18,19)11-21-14(23)13-7-4-8-22(10-13)15(24)20-9-12-5-2-1-3-6-12/h1-2,12-13H,3-11H2,(H,20,24)(H,21,23)/t12-,13+/m1/s1. The van der Waals surface area contributed by atoms with Crippen molar-refractivity contribution in [2.75, 3.05) is 26.2 Å². The second-order valence-corrected chi connectivity index (χ2v) is 6.45. The molecule has 1 heterocycles. The van der Waals surface area contributed by atoms with E-state index in [1.807, 2.05) is 5.32 Å². The summed E-state index contributed by atoms with van der Waals surface area (Å²) < 4.78 is 36.5. The zero-order chi connectivity index (χ0) is 17.6. The molecule has 1 fully saturated rings. The summed E-state index contributed by atoms with van der Waals surface area (Å²) in [5, 5.41) is 4.78. The molecule has 0 aromatic rings. The average molecular weight is 347 g/mol. The molecule has 0 bridgehead atoms. The number of hydrogen-bond donors (Lipinski definition) is 2. The molecule has 0 radical (unpaired) electrons. The van der Waals surface area contributed by atoms with E-state index < -0.39 is 24.5 Å². The van der Waals surface area contributed by atoms with Crippen LogP contribution in [0, 0.1) is 11.8 Å². The normalized spacial score (nSPS) is 24.5. The molecule has 2 rings (SSSR count). The number of hydrogen-bond acceptors (Lipinski definition) is 2. The van der Waals surface area contributed by atoms with Crippen LogP contribution in [0.2, 0.25) is 0 Å². The lowest BCUT2D eigenvalue weighted by molar-refractivity contribution is -0.141. The highest BCUT2D eigenvalue weighted by molar-refractivity contribution is 5.80. The lowest BCUT2D eigenvalue weighted by Gasteiger charge is -2.32. The molecule has 0 unspecified atom stereocenters. The highest BCUT2D eigenvalue weighted by Crippen LogP contribution is 2.19. The Morgan fingerprint density at radius 1 is 1.17 bits per heavy atom. The first-order chi connectivity index (χ1) is 11.3. The summed E-state index contributed by atoms with van der Waals surface area (Å²) in [6.07, 6.45) is 3.95. The summed E-state index contributed by atoms with van der Waals surface area (Å²) in [4.78, 5) is 25.6. The van der Waals surface area contributed by atoms with Crippen LogP contribution in [0.5, 0.6) is 0 Å². The first-order valence-electron chi connectivity index (χ1n) is 8.37. The van der Waals surface area contributed by atoms with Gasteiger partial charge in [-0.05, 0) is 38.0 Å². The van der Waals surface area contributed by atoms with E-state index in [1.54, 1.807) is 0 Å². The molecule has 2 N–H and O–H groups in total. The van der Waals surface area contributed by atoms with Crippen molar-refractivity contribution in [2.45, 2.75) is 38.3 Å². The Kier molecular flexibility index (Phi) is 6.51. The molecule has 136 valence electrons. The Morgan fingerprint density at radius 2 is 1.96 bits per heavy atom. The molecule has 0 saturated carbocycles. The summed E-state index contributed by atoms with van der Waals surface area (Å²) in [6, 6.07) is -0.238. The molecule has 1 aliphatic carbocycles. The van der Waals surface area contributed by atoms with Crippen molar-refractivity contribution >= 4 is 11.9 Å². The van der Waals surface area contributed by atoms with Crippen LogP contribution >= 0.6 is 0 Å². The molecule has 1 aliphatic heterocycles. The maximum atomic E-state index is 12.2. The van der Waals surface area contributed by atoms with Crippen LogP contribution in [0.4, 0.5) is 18.0 Å². The first-order valence-corrected chi connectivity index (χ1v) is 8.37. The van der Waals surface area contributed by atoms with Crippen molar-refractivity contribution in [3.8, 4) is 0 Å². The van der Waals surface area contributed by atoms with Crippen LogP contribution in [-0.2, 0) is 4.79 Å². The molecule has 8 heteroatoms. The number of carbonyl (C=O) groups is 2. The van der Waals surface area contributed by atoms with Gasteiger partial charge in [0, 0.05) is 19.6 Å². The fourth-order valence-electron chi connectivity index (χ4n) is 3.09. The summed E-state index contributed by atoms with van der Waals surface area (Å²) in [6.45, 7) is -0.0477. The van der Waals surface area contributed by atoms with E-state index in [2.05, 4.69) is 17.5 Å². The van der Waals surface area contributed by atoms with Gasteiger partial charge in [-0.2, -0.15) is 13.2 Å². The molecule has 1 saturated heterocycles. The number of allylic oxidation sites excluding steroid dienone is 2. The van der Waals surface area contributed by atoms with Crippen molar-refractivity contribution < 1.29 is 22.8 Å². The smallest absolute Gasteiger partial charge is 0.347 e. The third-order valence-electron chi connectivity index (χ3n) is 4.46. The fourth-order valence-corrected chi connectivity index (χ4v) is 3.09. The summed E-state index contributed by atoms with van der Waals surface area (Å²) in [7, 11) is 0. The maximum Gasteiger partial charge on any atom is 0.405 e. The Hall–Kier alpha value is -1.73. The minimum Gasteiger partial charge on any atom is -0.347 e. The van der Waals surface area contributed by atoms with Crippen molar-refractivity contribution in [1.29, 1.82) is 0 Å². The summed E-state index contributed by atoms with van der Waals surface area (Å²) in [5.41, 5.74) is 0. The monoisotopic (exact) mass is 347 g/mol. The van der Waals surface area contributed by atoms with Crippen LogP contribution in [0.15, 0.2) is 12.2 Å². The lowest BCUT2D eigenvalue weighted by Crippen LogP contribution is -2.50. The average Bonchev–Trinajstić information content (AvgIpc) is 2.58. The third-order valence-corrected chi connectivity index (χ3v) is 4.46. The zero-order valence-corrected chi connectivity index (χ0v) is 13.6. The third kappa shape index (κ3) is 6.05.